The molecular weight excluding hydrogens is 304 g/mol. The van der Waals surface area contributed by atoms with E-state index < -0.39 is 0 Å². The van der Waals surface area contributed by atoms with Crippen LogP contribution < -0.4 is 9.80 Å². The lowest BCUT2D eigenvalue weighted by molar-refractivity contribution is 0.122. The second-order valence-corrected chi connectivity index (χ2v) is 6.58. The van der Waals surface area contributed by atoms with Crippen LogP contribution in [0.25, 0.3) is 11.0 Å². The Morgan fingerprint density at radius 2 is 1.79 bits per heavy atom. The first-order chi connectivity index (χ1) is 11.7. The molecule has 2 aromatic heterocycles. The molecule has 24 heavy (non-hydrogen) atoms. The molecule has 2 fully saturated rings. The first-order valence-electron chi connectivity index (χ1n) is 8.92. The fourth-order valence-corrected chi connectivity index (χ4v) is 3.54. The van der Waals surface area contributed by atoms with Crippen molar-refractivity contribution in [3.63, 3.8) is 0 Å². The van der Waals surface area contributed by atoms with Gasteiger partial charge in [0.05, 0.1) is 18.6 Å². The number of aromatic nitrogens is 3. The van der Waals surface area contributed by atoms with Crippen molar-refractivity contribution >= 4 is 22.8 Å². The normalized spacial score (nSPS) is 20.1. The Morgan fingerprint density at radius 3 is 2.50 bits per heavy atom. The van der Waals surface area contributed by atoms with E-state index in [0.29, 0.717) is 0 Å². The van der Waals surface area contributed by atoms with Crippen molar-refractivity contribution in [1.29, 1.82) is 0 Å². The number of ether oxygens (including phenoxy) is 1. The number of anilines is 2. The summed E-state index contributed by atoms with van der Waals surface area (Å²) in [5, 5.41) is 1.13. The summed E-state index contributed by atoms with van der Waals surface area (Å²) in [6, 6.07) is 2.17. The molecule has 0 spiro atoms. The summed E-state index contributed by atoms with van der Waals surface area (Å²) in [6.07, 6.45) is 0. The summed E-state index contributed by atoms with van der Waals surface area (Å²) in [6.45, 7) is 12.9. The third-order valence-corrected chi connectivity index (χ3v) is 5.00. The zero-order chi connectivity index (χ0) is 16.5. The number of piperazine rings is 1. The van der Waals surface area contributed by atoms with E-state index in [-0.39, 0.29) is 0 Å². The van der Waals surface area contributed by atoms with Crippen LogP contribution in [0, 0.1) is 6.92 Å². The molecule has 0 radical (unpaired) electrons. The van der Waals surface area contributed by atoms with Crippen LogP contribution in [-0.4, -0.2) is 78.9 Å². The van der Waals surface area contributed by atoms with E-state index in [1.165, 1.54) is 0 Å². The Hall–Kier alpha value is -1.86. The third-order valence-electron chi connectivity index (χ3n) is 5.00. The molecule has 4 heterocycles. The maximum atomic E-state index is 5.46. The molecule has 2 aromatic rings. The van der Waals surface area contributed by atoms with Gasteiger partial charge in [0.1, 0.15) is 11.5 Å². The number of nitrogens with zero attached hydrogens (tertiary/aromatic N) is 5. The molecule has 0 bridgehead atoms. The smallest absolute Gasteiger partial charge is 0.229 e. The van der Waals surface area contributed by atoms with Crippen LogP contribution >= 0.6 is 0 Å². The topological polar surface area (TPSA) is 60.5 Å². The Labute approximate surface area is 142 Å². The fraction of sp³-hybridized carbons (Fsp3) is 0.647. The van der Waals surface area contributed by atoms with Crippen molar-refractivity contribution < 1.29 is 4.74 Å². The molecule has 1 N–H and O–H groups in total. The maximum absolute atomic E-state index is 5.46. The second-order valence-electron chi connectivity index (χ2n) is 6.58. The molecule has 7 nitrogen and oxygen atoms in total. The van der Waals surface area contributed by atoms with Gasteiger partial charge in [0.2, 0.25) is 5.95 Å². The Kier molecular flexibility index (Phi) is 4.28. The van der Waals surface area contributed by atoms with Gasteiger partial charge in [0.15, 0.2) is 0 Å². The molecule has 2 aliphatic heterocycles. The number of morpholine rings is 1. The van der Waals surface area contributed by atoms with Gasteiger partial charge in [0, 0.05) is 45.0 Å². The lowest BCUT2D eigenvalue weighted by Gasteiger charge is -2.35. The molecule has 0 aromatic carbocycles. The molecule has 0 aliphatic carbocycles. The van der Waals surface area contributed by atoms with Gasteiger partial charge in [-0.05, 0) is 19.5 Å². The molecule has 0 atom stereocenters. The van der Waals surface area contributed by atoms with Crippen LogP contribution in [0.4, 0.5) is 11.8 Å². The van der Waals surface area contributed by atoms with Gasteiger partial charge in [-0.2, -0.15) is 9.97 Å². The highest BCUT2D eigenvalue weighted by molar-refractivity contribution is 5.89. The largest absolute Gasteiger partial charge is 0.378 e. The first kappa shape index (κ1) is 15.7. The van der Waals surface area contributed by atoms with Gasteiger partial charge in [-0.1, -0.05) is 6.92 Å². The molecule has 0 saturated carbocycles. The summed E-state index contributed by atoms with van der Waals surface area (Å²) in [4.78, 5) is 20.2. The van der Waals surface area contributed by atoms with E-state index in [0.717, 1.165) is 87.5 Å². The highest BCUT2D eigenvalue weighted by Gasteiger charge is 2.23. The summed E-state index contributed by atoms with van der Waals surface area (Å²) >= 11 is 0. The number of hydrogen-bond acceptors (Lipinski definition) is 6. The quantitative estimate of drug-likeness (QED) is 0.914. The van der Waals surface area contributed by atoms with E-state index in [9.17, 15) is 0 Å². The number of hydrogen-bond donors (Lipinski definition) is 1. The average molecular weight is 330 g/mol. The van der Waals surface area contributed by atoms with Gasteiger partial charge in [-0.15, -0.1) is 0 Å². The van der Waals surface area contributed by atoms with E-state index in [1.807, 2.05) is 0 Å². The Bertz CT molecular complexity index is 700. The van der Waals surface area contributed by atoms with Crippen LogP contribution in [0.1, 0.15) is 12.6 Å². The number of aryl methyl sites for hydroxylation is 1. The summed E-state index contributed by atoms with van der Waals surface area (Å²) in [5.41, 5.74) is 2.07. The van der Waals surface area contributed by atoms with Gasteiger partial charge < -0.3 is 24.4 Å². The summed E-state index contributed by atoms with van der Waals surface area (Å²) in [7, 11) is 0. The third kappa shape index (κ3) is 2.93. The van der Waals surface area contributed by atoms with Crippen LogP contribution in [0.15, 0.2) is 6.07 Å². The number of aromatic amines is 1. The monoisotopic (exact) mass is 330 g/mol. The number of likely N-dealkylation sites (N-methyl/N-ethyl adjacent to an activating group) is 1. The number of fused-ring (bicyclic) bond motifs is 1. The maximum Gasteiger partial charge on any atom is 0.229 e. The van der Waals surface area contributed by atoms with E-state index >= 15 is 0 Å². The van der Waals surface area contributed by atoms with Crippen LogP contribution in [-0.2, 0) is 4.74 Å². The highest BCUT2D eigenvalue weighted by Crippen LogP contribution is 2.28. The highest BCUT2D eigenvalue weighted by atomic mass is 16.5. The minimum absolute atomic E-state index is 0.746. The first-order valence-corrected chi connectivity index (χ1v) is 8.92. The lowest BCUT2D eigenvalue weighted by Crippen LogP contribution is -2.46. The van der Waals surface area contributed by atoms with Crippen LogP contribution in [0.5, 0.6) is 0 Å². The van der Waals surface area contributed by atoms with E-state index in [1.54, 1.807) is 0 Å². The zero-order valence-corrected chi connectivity index (χ0v) is 14.6. The standard InChI is InChI=1S/C17H26N6O/c1-3-21-4-6-22(7-5-21)16-14-12-13(2)18-15(14)19-17(20-16)23-8-10-24-11-9-23/h12H,3-11H2,1-2H3,(H,18,19,20). The Morgan fingerprint density at radius 1 is 1.04 bits per heavy atom. The number of rotatable bonds is 3. The van der Waals surface area contributed by atoms with Crippen molar-refractivity contribution in [1.82, 2.24) is 19.9 Å². The van der Waals surface area contributed by atoms with Gasteiger partial charge in [-0.3, -0.25) is 0 Å². The second kappa shape index (κ2) is 6.57. The van der Waals surface area contributed by atoms with Crippen LogP contribution in [0.3, 0.4) is 0 Å². The van der Waals surface area contributed by atoms with Crippen molar-refractivity contribution in [3.8, 4) is 0 Å². The van der Waals surface area contributed by atoms with Crippen molar-refractivity contribution in [3.05, 3.63) is 11.8 Å². The van der Waals surface area contributed by atoms with Crippen molar-refractivity contribution in [2.45, 2.75) is 13.8 Å². The lowest BCUT2D eigenvalue weighted by atomic mass is 10.2. The molecule has 2 saturated heterocycles. The minimum atomic E-state index is 0.746. The van der Waals surface area contributed by atoms with Gasteiger partial charge in [0.25, 0.3) is 0 Å². The molecule has 7 heteroatoms. The average Bonchev–Trinajstić information content (AvgIpc) is 3.02. The Balaban J connectivity index is 1.69. The number of H-pyrrole nitrogens is 1. The van der Waals surface area contributed by atoms with Gasteiger partial charge >= 0.3 is 0 Å². The minimum Gasteiger partial charge on any atom is -0.378 e. The summed E-state index contributed by atoms with van der Waals surface area (Å²) < 4.78 is 5.46. The fourth-order valence-electron chi connectivity index (χ4n) is 3.54. The summed E-state index contributed by atoms with van der Waals surface area (Å²) in [5.74, 6) is 1.89. The predicted molar refractivity (Wildman–Crippen MR) is 96.0 cm³/mol. The molecular formula is C17H26N6O. The molecule has 2 aliphatic rings. The number of nitrogens with one attached hydrogen (secondary N) is 1. The molecule has 4 rings (SSSR count). The van der Waals surface area contributed by atoms with Crippen LogP contribution in [0.2, 0.25) is 0 Å². The van der Waals surface area contributed by atoms with Gasteiger partial charge in [-0.25, -0.2) is 0 Å². The molecule has 0 unspecified atom stereocenters. The molecule has 130 valence electrons. The molecule has 0 amide bonds. The predicted octanol–water partition coefficient (Wildman–Crippen LogP) is 1.24. The van der Waals surface area contributed by atoms with Crippen molar-refractivity contribution in [2.75, 3.05) is 68.8 Å². The van der Waals surface area contributed by atoms with E-state index in [2.05, 4.69) is 39.6 Å². The zero-order valence-electron chi connectivity index (χ0n) is 14.6. The van der Waals surface area contributed by atoms with Crippen molar-refractivity contribution in [2.24, 2.45) is 0 Å². The van der Waals surface area contributed by atoms with E-state index in [4.69, 9.17) is 14.7 Å². The SMILES string of the molecule is CCN1CCN(c2nc(N3CCOCC3)nc3[nH]c(C)cc23)CC1.